The standard InChI is InChI=1S/C12H17N3.BrH/c13-7-6-11-9-14-12(15-11)8-10-4-2-1-3-5-10;/h1-5,11H,6-9,13H2,(H,14,15);1H/t11-;/m0./s1. The van der Waals surface area contributed by atoms with E-state index in [1.165, 1.54) is 5.56 Å². The van der Waals surface area contributed by atoms with Gasteiger partial charge in [-0.15, -0.1) is 17.0 Å². The Labute approximate surface area is 107 Å². The molecule has 3 nitrogen and oxygen atoms in total. The van der Waals surface area contributed by atoms with Crippen LogP contribution in [0.3, 0.4) is 0 Å². The van der Waals surface area contributed by atoms with Crippen molar-refractivity contribution in [1.29, 1.82) is 0 Å². The fraction of sp³-hybridized carbons (Fsp3) is 0.417. The highest BCUT2D eigenvalue weighted by atomic mass is 79.9. The summed E-state index contributed by atoms with van der Waals surface area (Å²) in [6.45, 7) is 1.60. The lowest BCUT2D eigenvalue weighted by Gasteiger charge is -2.09. The van der Waals surface area contributed by atoms with Gasteiger partial charge in [0.05, 0.1) is 6.54 Å². The van der Waals surface area contributed by atoms with E-state index in [4.69, 9.17) is 5.73 Å². The van der Waals surface area contributed by atoms with Gasteiger partial charge < -0.3 is 11.1 Å². The molecular weight excluding hydrogens is 266 g/mol. The lowest BCUT2D eigenvalue weighted by molar-refractivity contribution is 0.608. The van der Waals surface area contributed by atoms with Crippen molar-refractivity contribution in [2.45, 2.75) is 18.9 Å². The van der Waals surface area contributed by atoms with Crippen molar-refractivity contribution >= 4 is 22.8 Å². The van der Waals surface area contributed by atoms with E-state index in [0.29, 0.717) is 6.04 Å². The quantitative estimate of drug-likeness (QED) is 0.881. The molecular formula is C12H18BrN3. The van der Waals surface area contributed by atoms with Crippen molar-refractivity contribution in [3.63, 3.8) is 0 Å². The average molecular weight is 284 g/mol. The number of benzene rings is 1. The van der Waals surface area contributed by atoms with E-state index in [2.05, 4.69) is 34.6 Å². The van der Waals surface area contributed by atoms with Crippen molar-refractivity contribution < 1.29 is 0 Å². The zero-order valence-corrected chi connectivity index (χ0v) is 10.9. The molecule has 0 amide bonds. The molecule has 1 atom stereocenters. The Kier molecular flexibility index (Phi) is 5.49. The smallest absolute Gasteiger partial charge is 0.101 e. The first-order valence-corrected chi connectivity index (χ1v) is 5.42. The van der Waals surface area contributed by atoms with Gasteiger partial charge in [-0.05, 0) is 18.5 Å². The summed E-state index contributed by atoms with van der Waals surface area (Å²) in [5.41, 5.74) is 6.82. The number of aliphatic imine (C=N–C) groups is 1. The van der Waals surface area contributed by atoms with Gasteiger partial charge in [0.2, 0.25) is 0 Å². The second kappa shape index (κ2) is 6.66. The molecule has 0 unspecified atom stereocenters. The van der Waals surface area contributed by atoms with Crippen LogP contribution < -0.4 is 11.1 Å². The topological polar surface area (TPSA) is 50.4 Å². The molecule has 16 heavy (non-hydrogen) atoms. The van der Waals surface area contributed by atoms with Gasteiger partial charge in [0.15, 0.2) is 0 Å². The van der Waals surface area contributed by atoms with E-state index in [-0.39, 0.29) is 17.0 Å². The molecule has 1 aromatic rings. The maximum absolute atomic E-state index is 5.52. The monoisotopic (exact) mass is 283 g/mol. The first-order valence-electron chi connectivity index (χ1n) is 5.42. The molecule has 0 saturated carbocycles. The Balaban J connectivity index is 0.00000128. The number of amidine groups is 1. The van der Waals surface area contributed by atoms with Crippen LogP contribution in [0.1, 0.15) is 12.0 Å². The molecule has 0 radical (unpaired) electrons. The number of hydrogen-bond donors (Lipinski definition) is 2. The van der Waals surface area contributed by atoms with Crippen LogP contribution in [0.25, 0.3) is 0 Å². The van der Waals surface area contributed by atoms with Crippen LogP contribution in [-0.2, 0) is 6.42 Å². The van der Waals surface area contributed by atoms with Crippen LogP contribution in [0.2, 0.25) is 0 Å². The number of nitrogens with one attached hydrogen (secondary N) is 1. The normalized spacial score (nSPS) is 18.6. The maximum Gasteiger partial charge on any atom is 0.101 e. The summed E-state index contributed by atoms with van der Waals surface area (Å²) in [6.07, 6.45) is 1.91. The Morgan fingerprint density at radius 1 is 1.31 bits per heavy atom. The fourth-order valence-corrected chi connectivity index (χ4v) is 1.81. The van der Waals surface area contributed by atoms with Gasteiger partial charge in [-0.2, -0.15) is 0 Å². The largest absolute Gasteiger partial charge is 0.369 e. The number of nitrogens with zero attached hydrogens (tertiary/aromatic N) is 1. The third kappa shape index (κ3) is 3.61. The van der Waals surface area contributed by atoms with E-state index in [1.807, 2.05) is 6.07 Å². The number of rotatable bonds is 4. The van der Waals surface area contributed by atoms with Gasteiger partial charge in [0, 0.05) is 12.5 Å². The van der Waals surface area contributed by atoms with Crippen LogP contribution in [0, 0.1) is 0 Å². The van der Waals surface area contributed by atoms with Gasteiger partial charge in [0.25, 0.3) is 0 Å². The fourth-order valence-electron chi connectivity index (χ4n) is 1.81. The number of hydrogen-bond acceptors (Lipinski definition) is 3. The Morgan fingerprint density at radius 3 is 2.75 bits per heavy atom. The van der Waals surface area contributed by atoms with Crippen molar-refractivity contribution in [1.82, 2.24) is 5.32 Å². The summed E-state index contributed by atoms with van der Waals surface area (Å²) in [5, 5.41) is 3.41. The van der Waals surface area contributed by atoms with E-state index in [0.717, 1.165) is 31.8 Å². The summed E-state index contributed by atoms with van der Waals surface area (Å²) in [7, 11) is 0. The minimum absolute atomic E-state index is 0. The average Bonchev–Trinajstić information content (AvgIpc) is 2.68. The molecule has 0 aromatic heterocycles. The highest BCUT2D eigenvalue weighted by molar-refractivity contribution is 8.93. The first-order chi connectivity index (χ1) is 7.38. The first kappa shape index (κ1) is 13.2. The van der Waals surface area contributed by atoms with Crippen molar-refractivity contribution in [2.24, 2.45) is 10.7 Å². The molecule has 2 rings (SSSR count). The highest BCUT2D eigenvalue weighted by Gasteiger charge is 2.15. The third-order valence-corrected chi connectivity index (χ3v) is 2.60. The lowest BCUT2D eigenvalue weighted by atomic mass is 10.1. The summed E-state index contributed by atoms with van der Waals surface area (Å²) < 4.78 is 0. The van der Waals surface area contributed by atoms with Gasteiger partial charge in [-0.3, -0.25) is 4.99 Å². The molecule has 88 valence electrons. The number of nitrogens with two attached hydrogens (primary N) is 1. The van der Waals surface area contributed by atoms with Gasteiger partial charge in [0.1, 0.15) is 5.84 Å². The third-order valence-electron chi connectivity index (χ3n) is 2.60. The summed E-state index contributed by atoms with van der Waals surface area (Å²) in [6, 6.07) is 10.9. The van der Waals surface area contributed by atoms with Crippen molar-refractivity contribution in [3.8, 4) is 0 Å². The second-order valence-electron chi connectivity index (χ2n) is 3.87. The zero-order chi connectivity index (χ0) is 10.5. The van der Waals surface area contributed by atoms with Crippen LogP contribution in [0.15, 0.2) is 35.3 Å². The lowest BCUT2D eigenvalue weighted by Crippen LogP contribution is -2.32. The second-order valence-corrected chi connectivity index (χ2v) is 3.87. The SMILES string of the molecule is Br.NCC[C@H]1CN=C(Cc2ccccc2)N1. The summed E-state index contributed by atoms with van der Waals surface area (Å²) in [5.74, 6) is 1.10. The minimum atomic E-state index is 0. The minimum Gasteiger partial charge on any atom is -0.369 e. The van der Waals surface area contributed by atoms with Gasteiger partial charge in [-0.1, -0.05) is 30.3 Å². The van der Waals surface area contributed by atoms with Crippen molar-refractivity contribution in [3.05, 3.63) is 35.9 Å². The predicted molar refractivity (Wildman–Crippen MR) is 73.4 cm³/mol. The Morgan fingerprint density at radius 2 is 2.06 bits per heavy atom. The molecule has 0 saturated heterocycles. The van der Waals surface area contributed by atoms with Crippen molar-refractivity contribution in [2.75, 3.05) is 13.1 Å². The maximum atomic E-state index is 5.52. The molecule has 0 fully saturated rings. The molecule has 1 aromatic carbocycles. The molecule has 1 aliphatic rings. The molecule has 0 spiro atoms. The molecule has 0 aliphatic carbocycles. The molecule has 3 N–H and O–H groups in total. The van der Waals surface area contributed by atoms with Crippen LogP contribution in [0.4, 0.5) is 0 Å². The van der Waals surface area contributed by atoms with E-state index >= 15 is 0 Å². The molecule has 4 heteroatoms. The Hall–Kier alpha value is -0.870. The van der Waals surface area contributed by atoms with E-state index in [1.54, 1.807) is 0 Å². The number of halogens is 1. The van der Waals surface area contributed by atoms with E-state index < -0.39 is 0 Å². The molecule has 1 aliphatic heterocycles. The van der Waals surface area contributed by atoms with Crippen LogP contribution in [-0.4, -0.2) is 25.0 Å². The summed E-state index contributed by atoms with van der Waals surface area (Å²) >= 11 is 0. The zero-order valence-electron chi connectivity index (χ0n) is 9.23. The summed E-state index contributed by atoms with van der Waals surface area (Å²) in [4.78, 5) is 4.48. The highest BCUT2D eigenvalue weighted by Crippen LogP contribution is 2.05. The Bertz CT molecular complexity index is 337. The van der Waals surface area contributed by atoms with Gasteiger partial charge >= 0.3 is 0 Å². The molecule has 1 heterocycles. The predicted octanol–water partition coefficient (Wildman–Crippen LogP) is 1.53. The van der Waals surface area contributed by atoms with E-state index in [9.17, 15) is 0 Å². The molecule has 0 bridgehead atoms. The van der Waals surface area contributed by atoms with Crippen LogP contribution in [0.5, 0.6) is 0 Å². The van der Waals surface area contributed by atoms with Crippen LogP contribution >= 0.6 is 17.0 Å². The van der Waals surface area contributed by atoms with Gasteiger partial charge in [-0.25, -0.2) is 0 Å².